The topological polar surface area (TPSA) is 49.8 Å². The second kappa shape index (κ2) is 6.00. The van der Waals surface area contributed by atoms with Gasteiger partial charge in [-0.1, -0.05) is 30.3 Å². The van der Waals surface area contributed by atoms with Crippen molar-refractivity contribution < 1.29 is 14.6 Å². The lowest BCUT2D eigenvalue weighted by Crippen LogP contribution is -2.32. The van der Waals surface area contributed by atoms with Gasteiger partial charge in [0.2, 0.25) is 5.91 Å². The maximum absolute atomic E-state index is 12.3. The van der Waals surface area contributed by atoms with Gasteiger partial charge in [-0.25, -0.2) is 0 Å². The Hall–Kier alpha value is -1.65. The average molecular weight is 287 g/mol. The molecule has 2 aliphatic rings. The highest BCUT2D eigenvalue weighted by Crippen LogP contribution is 2.25. The summed E-state index contributed by atoms with van der Waals surface area (Å²) >= 11 is 0. The molecule has 2 aliphatic heterocycles. The fourth-order valence-electron chi connectivity index (χ4n) is 3.01. The minimum absolute atomic E-state index is 0.0555. The van der Waals surface area contributed by atoms with E-state index < -0.39 is 6.10 Å². The van der Waals surface area contributed by atoms with E-state index in [1.165, 1.54) is 16.7 Å². The Morgan fingerprint density at radius 1 is 1.38 bits per heavy atom. The highest BCUT2D eigenvalue weighted by Gasteiger charge is 2.31. The number of aliphatic hydroxyl groups excluding tert-OH is 1. The van der Waals surface area contributed by atoms with Gasteiger partial charge < -0.3 is 14.7 Å². The van der Waals surface area contributed by atoms with E-state index in [9.17, 15) is 9.90 Å². The predicted molar refractivity (Wildman–Crippen MR) is 80.7 cm³/mol. The van der Waals surface area contributed by atoms with Crippen molar-refractivity contribution in [3.63, 3.8) is 0 Å². The van der Waals surface area contributed by atoms with E-state index in [2.05, 4.69) is 25.1 Å². The summed E-state index contributed by atoms with van der Waals surface area (Å²) in [5.74, 6) is 0.0457. The average Bonchev–Trinajstić information content (AvgIpc) is 3.09. The van der Waals surface area contributed by atoms with Gasteiger partial charge in [0.15, 0.2) is 0 Å². The van der Waals surface area contributed by atoms with Crippen LogP contribution in [-0.2, 0) is 9.53 Å². The molecule has 0 saturated carbocycles. The number of aliphatic hydroxyl groups is 1. The third-order valence-corrected chi connectivity index (χ3v) is 4.36. The van der Waals surface area contributed by atoms with Gasteiger partial charge in [0.05, 0.1) is 19.3 Å². The molecule has 21 heavy (non-hydrogen) atoms. The number of amides is 1. The molecule has 0 aliphatic carbocycles. The first-order valence-corrected chi connectivity index (χ1v) is 7.44. The van der Waals surface area contributed by atoms with Crippen molar-refractivity contribution in [1.29, 1.82) is 0 Å². The summed E-state index contributed by atoms with van der Waals surface area (Å²) in [6.07, 6.45) is 2.00. The molecule has 4 nitrogen and oxygen atoms in total. The largest absolute Gasteiger partial charge is 0.390 e. The molecular weight excluding hydrogens is 266 g/mol. The zero-order valence-electron chi connectivity index (χ0n) is 12.3. The maximum atomic E-state index is 12.3. The molecule has 0 aromatic heterocycles. The molecule has 0 radical (unpaired) electrons. The Labute approximate surface area is 125 Å². The molecule has 1 aromatic carbocycles. The number of rotatable bonds is 3. The fraction of sp³-hybridized carbons (Fsp3) is 0.471. The summed E-state index contributed by atoms with van der Waals surface area (Å²) in [5, 5.41) is 9.74. The van der Waals surface area contributed by atoms with E-state index in [0.29, 0.717) is 32.7 Å². The van der Waals surface area contributed by atoms with Gasteiger partial charge in [0.25, 0.3) is 0 Å². The van der Waals surface area contributed by atoms with Crippen molar-refractivity contribution in [3.05, 3.63) is 41.5 Å². The van der Waals surface area contributed by atoms with Crippen LogP contribution in [0.15, 0.2) is 30.3 Å². The molecule has 0 spiro atoms. The number of carbonyl (C=O) groups is 1. The Morgan fingerprint density at radius 2 is 2.19 bits per heavy atom. The third-order valence-electron chi connectivity index (χ3n) is 4.36. The van der Waals surface area contributed by atoms with Crippen LogP contribution in [0.4, 0.5) is 0 Å². The van der Waals surface area contributed by atoms with E-state index in [0.717, 1.165) is 0 Å². The minimum Gasteiger partial charge on any atom is -0.390 e. The maximum Gasteiger partial charge on any atom is 0.223 e. The minimum atomic E-state index is -0.500. The SMILES string of the molecule is Cc1ccccc1C1=CCN(C(=O)C[C@@H]2COC[C@H]2O)C1. The number of hydrogen-bond acceptors (Lipinski definition) is 3. The van der Waals surface area contributed by atoms with E-state index >= 15 is 0 Å². The van der Waals surface area contributed by atoms with Crippen LogP contribution in [0.5, 0.6) is 0 Å². The van der Waals surface area contributed by atoms with E-state index in [4.69, 9.17) is 4.74 Å². The molecule has 3 rings (SSSR count). The van der Waals surface area contributed by atoms with Gasteiger partial charge in [-0.3, -0.25) is 4.79 Å². The molecule has 1 fully saturated rings. The van der Waals surface area contributed by atoms with Crippen molar-refractivity contribution in [2.45, 2.75) is 19.4 Å². The van der Waals surface area contributed by atoms with E-state index in [1.54, 1.807) is 0 Å². The molecule has 112 valence electrons. The molecule has 4 heteroatoms. The van der Waals surface area contributed by atoms with Crippen LogP contribution in [0.1, 0.15) is 17.5 Å². The number of hydrogen-bond donors (Lipinski definition) is 1. The number of benzene rings is 1. The molecular formula is C17H21NO3. The van der Waals surface area contributed by atoms with Crippen molar-refractivity contribution in [2.75, 3.05) is 26.3 Å². The van der Waals surface area contributed by atoms with E-state index in [1.807, 2.05) is 17.0 Å². The fourth-order valence-corrected chi connectivity index (χ4v) is 3.01. The zero-order valence-corrected chi connectivity index (χ0v) is 12.3. The molecule has 2 atom stereocenters. The van der Waals surface area contributed by atoms with Gasteiger partial charge >= 0.3 is 0 Å². The van der Waals surface area contributed by atoms with Gasteiger partial charge in [-0.2, -0.15) is 0 Å². The van der Waals surface area contributed by atoms with Crippen LogP contribution in [0, 0.1) is 12.8 Å². The standard InChI is InChI=1S/C17H21NO3/c1-12-4-2-3-5-15(12)13-6-7-18(9-13)17(20)8-14-10-21-11-16(14)19/h2-6,14,16,19H,7-11H2,1H3/t14-,16-/m1/s1. The highest BCUT2D eigenvalue weighted by molar-refractivity contribution is 5.82. The van der Waals surface area contributed by atoms with Crippen molar-refractivity contribution in [2.24, 2.45) is 5.92 Å². The van der Waals surface area contributed by atoms with Gasteiger partial charge in [0, 0.05) is 25.4 Å². The Morgan fingerprint density at radius 3 is 2.90 bits per heavy atom. The highest BCUT2D eigenvalue weighted by atomic mass is 16.5. The van der Waals surface area contributed by atoms with E-state index in [-0.39, 0.29) is 11.8 Å². The lowest BCUT2D eigenvalue weighted by molar-refractivity contribution is -0.131. The predicted octanol–water partition coefficient (Wildman–Crippen LogP) is 1.62. The first-order chi connectivity index (χ1) is 10.1. The van der Waals surface area contributed by atoms with Crippen LogP contribution < -0.4 is 0 Å². The van der Waals surface area contributed by atoms with Gasteiger partial charge in [-0.15, -0.1) is 0 Å². The molecule has 1 saturated heterocycles. The van der Waals surface area contributed by atoms with Crippen LogP contribution in [0.25, 0.3) is 5.57 Å². The third kappa shape index (κ3) is 3.01. The Bertz CT molecular complexity index is 567. The normalized spacial score (nSPS) is 25.2. The lowest BCUT2D eigenvalue weighted by atomic mass is 10.0. The van der Waals surface area contributed by atoms with Crippen LogP contribution in [0.3, 0.4) is 0 Å². The Balaban J connectivity index is 1.61. The number of nitrogens with zero attached hydrogens (tertiary/aromatic N) is 1. The molecule has 0 bridgehead atoms. The summed E-state index contributed by atoms with van der Waals surface area (Å²) in [6, 6.07) is 8.25. The zero-order chi connectivity index (χ0) is 14.8. The van der Waals surface area contributed by atoms with Crippen molar-refractivity contribution >= 4 is 11.5 Å². The quantitative estimate of drug-likeness (QED) is 0.919. The second-order valence-electron chi connectivity index (χ2n) is 5.89. The molecule has 1 aromatic rings. The van der Waals surface area contributed by atoms with Crippen LogP contribution >= 0.6 is 0 Å². The summed E-state index contributed by atoms with van der Waals surface area (Å²) in [7, 11) is 0. The molecule has 1 amide bonds. The molecule has 0 unspecified atom stereocenters. The number of carbonyl (C=O) groups excluding carboxylic acids is 1. The van der Waals surface area contributed by atoms with Gasteiger partial charge in [0.1, 0.15) is 0 Å². The molecule has 2 heterocycles. The van der Waals surface area contributed by atoms with Gasteiger partial charge in [-0.05, 0) is 23.6 Å². The van der Waals surface area contributed by atoms with Crippen LogP contribution in [-0.4, -0.2) is 48.3 Å². The number of aryl methyl sites for hydroxylation is 1. The Kier molecular flexibility index (Phi) is 4.08. The second-order valence-corrected chi connectivity index (χ2v) is 5.89. The summed E-state index contributed by atoms with van der Waals surface area (Å²) in [5.41, 5.74) is 3.67. The summed E-state index contributed by atoms with van der Waals surface area (Å²) < 4.78 is 5.21. The first-order valence-electron chi connectivity index (χ1n) is 7.44. The monoisotopic (exact) mass is 287 g/mol. The first kappa shape index (κ1) is 14.3. The smallest absolute Gasteiger partial charge is 0.223 e. The summed E-state index contributed by atoms with van der Waals surface area (Å²) in [4.78, 5) is 14.2. The lowest BCUT2D eigenvalue weighted by Gasteiger charge is -2.20. The number of ether oxygens (including phenoxy) is 1. The summed E-state index contributed by atoms with van der Waals surface area (Å²) in [6.45, 7) is 4.25. The van der Waals surface area contributed by atoms with Crippen molar-refractivity contribution in [1.82, 2.24) is 4.90 Å². The van der Waals surface area contributed by atoms with Crippen LogP contribution in [0.2, 0.25) is 0 Å². The molecule has 1 N–H and O–H groups in total. The van der Waals surface area contributed by atoms with Crippen molar-refractivity contribution in [3.8, 4) is 0 Å².